The van der Waals surface area contributed by atoms with Crippen LogP contribution in [0.5, 0.6) is 23.0 Å². The van der Waals surface area contributed by atoms with Crippen LogP contribution in [0.25, 0.3) is 0 Å². The summed E-state index contributed by atoms with van der Waals surface area (Å²) < 4.78 is 22.6. The predicted molar refractivity (Wildman–Crippen MR) is 96.0 cm³/mol. The van der Waals surface area contributed by atoms with Crippen LogP contribution in [0.4, 0.5) is 5.69 Å². The highest BCUT2D eigenvalue weighted by molar-refractivity contribution is 5.92. The fraction of sp³-hybridized carbons (Fsp3) is 0.350. The van der Waals surface area contributed by atoms with Crippen LogP contribution in [0.1, 0.15) is 25.7 Å². The highest BCUT2D eigenvalue weighted by Gasteiger charge is 2.44. The van der Waals surface area contributed by atoms with Crippen molar-refractivity contribution in [3.05, 3.63) is 42.5 Å². The quantitative estimate of drug-likeness (QED) is 0.885. The lowest BCUT2D eigenvalue weighted by atomic mass is 10.2. The standard InChI is InChI=1S/C20H21NO5/c1-23-15-5-7-16(8-6-15)24-13-19(22)21-14-4-9-17-18(12-14)26-20(25-17)10-2-3-11-20/h4-9,12H,2-3,10-11,13H2,1H3,(H,21,22). The first-order valence-corrected chi connectivity index (χ1v) is 8.75. The lowest BCUT2D eigenvalue weighted by Crippen LogP contribution is -2.34. The molecule has 1 spiro atoms. The van der Waals surface area contributed by atoms with E-state index in [2.05, 4.69) is 5.32 Å². The van der Waals surface area contributed by atoms with Crippen molar-refractivity contribution in [3.8, 4) is 23.0 Å². The molecule has 1 aliphatic heterocycles. The maximum absolute atomic E-state index is 12.1. The van der Waals surface area contributed by atoms with Gasteiger partial charge >= 0.3 is 0 Å². The van der Waals surface area contributed by atoms with E-state index in [9.17, 15) is 4.79 Å². The summed E-state index contributed by atoms with van der Waals surface area (Å²) in [5.74, 6) is 2.02. The Hall–Kier alpha value is -2.89. The first-order chi connectivity index (χ1) is 12.7. The number of ether oxygens (including phenoxy) is 4. The van der Waals surface area contributed by atoms with Gasteiger partial charge in [-0.2, -0.15) is 0 Å². The second-order valence-corrected chi connectivity index (χ2v) is 6.50. The van der Waals surface area contributed by atoms with Gasteiger partial charge in [0.2, 0.25) is 0 Å². The van der Waals surface area contributed by atoms with Gasteiger partial charge in [-0.3, -0.25) is 4.79 Å². The molecule has 2 aromatic rings. The lowest BCUT2D eigenvalue weighted by molar-refractivity contribution is -0.118. The Morgan fingerprint density at radius 2 is 1.73 bits per heavy atom. The van der Waals surface area contributed by atoms with Crippen LogP contribution >= 0.6 is 0 Å². The van der Waals surface area contributed by atoms with Crippen LogP contribution in [0, 0.1) is 0 Å². The van der Waals surface area contributed by atoms with E-state index in [1.807, 2.05) is 6.07 Å². The Kier molecular flexibility index (Phi) is 4.32. The van der Waals surface area contributed by atoms with Crippen molar-refractivity contribution in [3.63, 3.8) is 0 Å². The molecule has 26 heavy (non-hydrogen) atoms. The number of methoxy groups -OCH3 is 1. The SMILES string of the molecule is COc1ccc(OCC(=O)Nc2ccc3c(c2)OC2(CCCC2)O3)cc1. The van der Waals surface area contributed by atoms with Gasteiger partial charge < -0.3 is 24.3 Å². The van der Waals surface area contributed by atoms with E-state index in [-0.39, 0.29) is 12.5 Å². The summed E-state index contributed by atoms with van der Waals surface area (Å²) in [5.41, 5.74) is 0.658. The van der Waals surface area contributed by atoms with Crippen LogP contribution in [-0.2, 0) is 4.79 Å². The average Bonchev–Trinajstić information content (AvgIpc) is 3.26. The zero-order chi connectivity index (χ0) is 18.0. The number of amides is 1. The zero-order valence-corrected chi connectivity index (χ0v) is 14.6. The second kappa shape index (κ2) is 6.78. The predicted octanol–water partition coefficient (Wildman–Crippen LogP) is 3.75. The van der Waals surface area contributed by atoms with Crippen molar-refractivity contribution >= 4 is 11.6 Å². The van der Waals surface area contributed by atoms with Gasteiger partial charge in [-0.25, -0.2) is 0 Å². The van der Waals surface area contributed by atoms with Crippen LogP contribution in [0.2, 0.25) is 0 Å². The van der Waals surface area contributed by atoms with E-state index in [4.69, 9.17) is 18.9 Å². The molecule has 0 radical (unpaired) electrons. The molecular weight excluding hydrogens is 334 g/mol. The van der Waals surface area contributed by atoms with Gasteiger partial charge in [-0.1, -0.05) is 0 Å². The van der Waals surface area contributed by atoms with Gasteiger partial charge in [0.1, 0.15) is 11.5 Å². The minimum Gasteiger partial charge on any atom is -0.497 e. The van der Waals surface area contributed by atoms with Crippen molar-refractivity contribution in [2.24, 2.45) is 0 Å². The fourth-order valence-corrected chi connectivity index (χ4v) is 3.31. The topological polar surface area (TPSA) is 66.0 Å². The minimum atomic E-state index is -0.498. The largest absolute Gasteiger partial charge is 0.497 e. The van der Waals surface area contributed by atoms with E-state index >= 15 is 0 Å². The van der Waals surface area contributed by atoms with Gasteiger partial charge in [0.25, 0.3) is 11.7 Å². The van der Waals surface area contributed by atoms with E-state index in [0.29, 0.717) is 17.2 Å². The summed E-state index contributed by atoms with van der Waals surface area (Å²) in [5, 5.41) is 2.82. The molecule has 2 aromatic carbocycles. The van der Waals surface area contributed by atoms with Crippen LogP contribution in [0.15, 0.2) is 42.5 Å². The smallest absolute Gasteiger partial charge is 0.262 e. The zero-order valence-electron chi connectivity index (χ0n) is 14.6. The number of hydrogen-bond donors (Lipinski definition) is 1. The number of hydrogen-bond acceptors (Lipinski definition) is 5. The number of carbonyl (C=O) groups is 1. The molecule has 0 unspecified atom stereocenters. The monoisotopic (exact) mass is 355 g/mol. The number of fused-ring (bicyclic) bond motifs is 1. The van der Waals surface area contributed by atoms with Crippen LogP contribution in [-0.4, -0.2) is 25.4 Å². The number of rotatable bonds is 5. The van der Waals surface area contributed by atoms with Crippen molar-refractivity contribution in [2.45, 2.75) is 31.5 Å². The van der Waals surface area contributed by atoms with Crippen LogP contribution in [0.3, 0.4) is 0 Å². The Bertz CT molecular complexity index is 796. The van der Waals surface area contributed by atoms with Crippen molar-refractivity contribution in [1.82, 2.24) is 0 Å². The number of anilines is 1. The Morgan fingerprint density at radius 1 is 1.04 bits per heavy atom. The van der Waals surface area contributed by atoms with E-state index in [1.165, 1.54) is 0 Å². The molecule has 0 bridgehead atoms. The summed E-state index contributed by atoms with van der Waals surface area (Å²) >= 11 is 0. The third-order valence-corrected chi connectivity index (χ3v) is 4.61. The molecule has 1 aliphatic carbocycles. The van der Waals surface area contributed by atoms with Crippen molar-refractivity contribution in [2.75, 3.05) is 19.0 Å². The molecule has 1 fully saturated rings. The first-order valence-electron chi connectivity index (χ1n) is 8.75. The molecule has 0 saturated heterocycles. The Labute approximate surface area is 152 Å². The highest BCUT2D eigenvalue weighted by atomic mass is 16.7. The molecule has 1 saturated carbocycles. The number of benzene rings is 2. The maximum Gasteiger partial charge on any atom is 0.262 e. The molecule has 6 heteroatoms. The van der Waals surface area contributed by atoms with Crippen molar-refractivity contribution < 1.29 is 23.7 Å². The van der Waals surface area contributed by atoms with Gasteiger partial charge in [-0.05, 0) is 49.2 Å². The molecule has 1 amide bonds. The fourth-order valence-electron chi connectivity index (χ4n) is 3.31. The Balaban J connectivity index is 1.33. The number of carbonyl (C=O) groups excluding carboxylic acids is 1. The second-order valence-electron chi connectivity index (χ2n) is 6.50. The lowest BCUT2D eigenvalue weighted by Gasteiger charge is -2.21. The molecule has 1 N–H and O–H groups in total. The van der Waals surface area contributed by atoms with Crippen LogP contribution < -0.4 is 24.3 Å². The third kappa shape index (κ3) is 3.40. The van der Waals surface area contributed by atoms with E-state index < -0.39 is 5.79 Å². The van der Waals surface area contributed by atoms with Gasteiger partial charge in [-0.15, -0.1) is 0 Å². The average molecular weight is 355 g/mol. The third-order valence-electron chi connectivity index (χ3n) is 4.61. The Morgan fingerprint density at radius 3 is 2.46 bits per heavy atom. The molecule has 0 aromatic heterocycles. The summed E-state index contributed by atoms with van der Waals surface area (Å²) in [6.45, 7) is -0.0787. The molecule has 2 aliphatic rings. The molecular formula is C20H21NO5. The molecule has 136 valence electrons. The molecule has 0 atom stereocenters. The summed E-state index contributed by atoms with van der Waals surface area (Å²) in [6.07, 6.45) is 4.03. The van der Waals surface area contributed by atoms with E-state index in [1.54, 1.807) is 43.5 Å². The highest BCUT2D eigenvalue weighted by Crippen LogP contribution is 2.47. The summed E-state index contributed by atoms with van der Waals surface area (Å²) in [7, 11) is 1.60. The van der Waals surface area contributed by atoms with Crippen molar-refractivity contribution in [1.29, 1.82) is 0 Å². The minimum absolute atomic E-state index is 0.0787. The maximum atomic E-state index is 12.1. The molecule has 6 nitrogen and oxygen atoms in total. The summed E-state index contributed by atoms with van der Waals surface area (Å²) in [6, 6.07) is 12.5. The normalized spacial score (nSPS) is 16.5. The summed E-state index contributed by atoms with van der Waals surface area (Å²) in [4.78, 5) is 12.1. The van der Waals surface area contributed by atoms with Gasteiger partial charge in [0.15, 0.2) is 18.1 Å². The first kappa shape index (κ1) is 16.6. The van der Waals surface area contributed by atoms with Gasteiger partial charge in [0.05, 0.1) is 7.11 Å². The molecule has 4 rings (SSSR count). The molecule has 1 heterocycles. The number of nitrogens with one attached hydrogen (secondary N) is 1. The van der Waals surface area contributed by atoms with E-state index in [0.717, 1.165) is 37.2 Å². The van der Waals surface area contributed by atoms with Gasteiger partial charge in [0, 0.05) is 24.6 Å².